The number of nitrogens with zero attached hydrogens (tertiary/aromatic N) is 1. The van der Waals surface area contributed by atoms with Crippen molar-refractivity contribution >= 4 is 21.8 Å². The number of rotatable bonds is 4. The third kappa shape index (κ3) is 3.46. The summed E-state index contributed by atoms with van der Waals surface area (Å²) >= 11 is 0. The molecule has 1 fully saturated rings. The molecule has 116 valence electrons. The van der Waals surface area contributed by atoms with E-state index in [1.54, 1.807) is 0 Å². The van der Waals surface area contributed by atoms with E-state index >= 15 is 0 Å². The first-order valence-electron chi connectivity index (χ1n) is 6.09. The van der Waals surface area contributed by atoms with Crippen molar-refractivity contribution in [3.8, 4) is 0 Å². The Morgan fingerprint density at radius 3 is 2.43 bits per heavy atom. The van der Waals surface area contributed by atoms with E-state index in [0.717, 1.165) is 10.4 Å². The van der Waals surface area contributed by atoms with Crippen LogP contribution in [0, 0.1) is 11.6 Å². The van der Waals surface area contributed by atoms with Gasteiger partial charge in [0.05, 0.1) is 11.3 Å². The van der Waals surface area contributed by atoms with Crippen molar-refractivity contribution in [2.75, 3.05) is 30.9 Å². The van der Waals surface area contributed by atoms with E-state index in [1.807, 2.05) is 4.72 Å². The minimum Gasteiger partial charge on any atom is -0.366 e. The van der Waals surface area contributed by atoms with Gasteiger partial charge >= 0.3 is 10.2 Å². The van der Waals surface area contributed by atoms with Crippen molar-refractivity contribution in [2.24, 2.45) is 5.73 Å². The van der Waals surface area contributed by atoms with Crippen molar-refractivity contribution in [1.82, 2.24) is 9.62 Å². The highest BCUT2D eigenvalue weighted by Crippen LogP contribution is 2.21. The molecular weight excluding hydrogens is 306 g/mol. The molecule has 1 amide bonds. The van der Waals surface area contributed by atoms with Crippen LogP contribution in [0.3, 0.4) is 0 Å². The van der Waals surface area contributed by atoms with Gasteiger partial charge in [-0.2, -0.15) is 12.7 Å². The van der Waals surface area contributed by atoms with Gasteiger partial charge in [-0.25, -0.2) is 8.78 Å². The smallest absolute Gasteiger partial charge is 0.301 e. The van der Waals surface area contributed by atoms with E-state index in [1.165, 1.54) is 0 Å². The fraction of sp³-hybridized carbons (Fsp3) is 0.364. The summed E-state index contributed by atoms with van der Waals surface area (Å²) < 4.78 is 54.3. The Bertz CT molecular complexity index is 660. The van der Waals surface area contributed by atoms with Gasteiger partial charge in [0.25, 0.3) is 5.91 Å². The van der Waals surface area contributed by atoms with Crippen LogP contribution in [0.25, 0.3) is 0 Å². The fourth-order valence-corrected chi connectivity index (χ4v) is 3.13. The molecular formula is C11H14F2N4O3S. The molecule has 1 heterocycles. The van der Waals surface area contributed by atoms with Crippen molar-refractivity contribution in [3.05, 3.63) is 29.3 Å². The maximum atomic E-state index is 13.6. The molecule has 4 N–H and O–H groups in total. The molecule has 0 spiro atoms. The number of benzene rings is 1. The lowest BCUT2D eigenvalue weighted by atomic mass is 10.2. The maximum absolute atomic E-state index is 13.6. The van der Waals surface area contributed by atoms with E-state index in [0.29, 0.717) is 19.2 Å². The third-order valence-corrected chi connectivity index (χ3v) is 4.50. The number of nitrogens with one attached hydrogen (secondary N) is 2. The number of nitrogens with two attached hydrogens (primary N) is 1. The molecule has 0 aliphatic carbocycles. The molecule has 2 rings (SSSR count). The Hall–Kier alpha value is -1.78. The Kier molecular flexibility index (Phi) is 4.40. The van der Waals surface area contributed by atoms with E-state index in [2.05, 4.69) is 5.32 Å². The van der Waals surface area contributed by atoms with Gasteiger partial charge in [-0.3, -0.25) is 9.52 Å². The number of hydrogen-bond acceptors (Lipinski definition) is 4. The standard InChI is InChI=1S/C11H14F2N4O3S/c12-8-6-9(13)10(5-7(8)11(14)18)16-21(19,20)17-3-1-15-2-4-17/h5-6,15-16H,1-4H2,(H2,14,18). The van der Waals surface area contributed by atoms with Crippen molar-refractivity contribution < 1.29 is 22.0 Å². The SMILES string of the molecule is NC(=O)c1cc(NS(=O)(=O)N2CCNCC2)c(F)cc1F. The van der Waals surface area contributed by atoms with Crippen molar-refractivity contribution in [1.29, 1.82) is 0 Å². The van der Waals surface area contributed by atoms with Crippen molar-refractivity contribution in [3.63, 3.8) is 0 Å². The second kappa shape index (κ2) is 5.92. The molecule has 1 aliphatic heterocycles. The van der Waals surface area contributed by atoms with Crippen LogP contribution in [-0.4, -0.2) is 44.8 Å². The number of primary amides is 1. The normalized spacial score (nSPS) is 16.7. The molecule has 1 aromatic rings. The van der Waals surface area contributed by atoms with Gasteiger partial charge in [0.15, 0.2) is 0 Å². The molecule has 1 aliphatic rings. The van der Waals surface area contributed by atoms with E-state index in [-0.39, 0.29) is 13.1 Å². The highest BCUT2D eigenvalue weighted by atomic mass is 32.2. The second-order valence-corrected chi connectivity index (χ2v) is 6.10. The fourth-order valence-electron chi connectivity index (χ4n) is 1.90. The number of carbonyl (C=O) groups is 1. The van der Waals surface area contributed by atoms with Crippen LogP contribution >= 0.6 is 0 Å². The van der Waals surface area contributed by atoms with E-state index < -0.39 is 39.0 Å². The molecule has 0 aromatic heterocycles. The number of amides is 1. The van der Waals surface area contributed by atoms with Gasteiger partial charge in [0.2, 0.25) is 0 Å². The molecule has 1 saturated heterocycles. The first-order valence-corrected chi connectivity index (χ1v) is 7.53. The summed E-state index contributed by atoms with van der Waals surface area (Å²) in [5, 5.41) is 2.97. The quantitative estimate of drug-likeness (QED) is 0.704. The zero-order valence-corrected chi connectivity index (χ0v) is 11.7. The number of halogens is 2. The molecule has 0 bridgehead atoms. The second-order valence-electron chi connectivity index (χ2n) is 4.43. The minimum atomic E-state index is -3.99. The molecule has 1 aromatic carbocycles. The molecule has 0 unspecified atom stereocenters. The Labute approximate surface area is 120 Å². The summed E-state index contributed by atoms with van der Waals surface area (Å²) in [6.45, 7) is 1.39. The lowest BCUT2D eigenvalue weighted by Gasteiger charge is -2.27. The summed E-state index contributed by atoms with van der Waals surface area (Å²) in [6.07, 6.45) is 0. The molecule has 21 heavy (non-hydrogen) atoms. The molecule has 0 atom stereocenters. The predicted molar refractivity (Wildman–Crippen MR) is 71.9 cm³/mol. The number of anilines is 1. The summed E-state index contributed by atoms with van der Waals surface area (Å²) in [6, 6.07) is 1.16. The average molecular weight is 320 g/mol. The van der Waals surface area contributed by atoms with Crippen LogP contribution < -0.4 is 15.8 Å². The van der Waals surface area contributed by atoms with Crippen molar-refractivity contribution in [2.45, 2.75) is 0 Å². The van der Waals surface area contributed by atoms with Gasteiger partial charge in [0, 0.05) is 32.2 Å². The Balaban J connectivity index is 2.30. The van der Waals surface area contributed by atoms with Crippen LogP contribution in [0.4, 0.5) is 14.5 Å². The lowest BCUT2D eigenvalue weighted by molar-refractivity contribution is 0.0996. The number of piperazine rings is 1. The van der Waals surface area contributed by atoms with Gasteiger partial charge in [-0.1, -0.05) is 0 Å². The van der Waals surface area contributed by atoms with Gasteiger partial charge in [-0.15, -0.1) is 0 Å². The lowest BCUT2D eigenvalue weighted by Crippen LogP contribution is -2.48. The van der Waals surface area contributed by atoms with Crippen LogP contribution in [0.1, 0.15) is 10.4 Å². The largest absolute Gasteiger partial charge is 0.366 e. The zero-order chi connectivity index (χ0) is 15.6. The third-order valence-electron chi connectivity index (χ3n) is 2.98. The topological polar surface area (TPSA) is 105 Å². The first-order chi connectivity index (χ1) is 9.81. The van der Waals surface area contributed by atoms with E-state index in [9.17, 15) is 22.0 Å². The van der Waals surface area contributed by atoms with Gasteiger partial charge < -0.3 is 11.1 Å². The molecule has 0 saturated carbocycles. The summed E-state index contributed by atoms with van der Waals surface area (Å²) in [4.78, 5) is 11.0. The van der Waals surface area contributed by atoms with E-state index in [4.69, 9.17) is 5.73 Å². The predicted octanol–water partition coefficient (Wildman–Crippen LogP) is -0.374. The van der Waals surface area contributed by atoms with Gasteiger partial charge in [0.1, 0.15) is 11.6 Å². The minimum absolute atomic E-state index is 0.223. The highest BCUT2D eigenvalue weighted by Gasteiger charge is 2.25. The first kappa shape index (κ1) is 15.6. The Morgan fingerprint density at radius 2 is 1.86 bits per heavy atom. The molecule has 10 heteroatoms. The average Bonchev–Trinajstić information content (AvgIpc) is 2.42. The number of carbonyl (C=O) groups excluding carboxylic acids is 1. The summed E-state index contributed by atoms with van der Waals surface area (Å²) in [5.41, 5.74) is 3.83. The summed E-state index contributed by atoms with van der Waals surface area (Å²) in [7, 11) is -3.99. The monoisotopic (exact) mass is 320 g/mol. The number of hydrogen-bond donors (Lipinski definition) is 3. The van der Waals surface area contributed by atoms with Crippen LogP contribution in [0.2, 0.25) is 0 Å². The van der Waals surface area contributed by atoms with Crippen LogP contribution in [0.15, 0.2) is 12.1 Å². The highest BCUT2D eigenvalue weighted by molar-refractivity contribution is 7.90. The van der Waals surface area contributed by atoms with Crippen LogP contribution in [0.5, 0.6) is 0 Å². The van der Waals surface area contributed by atoms with Gasteiger partial charge in [-0.05, 0) is 6.07 Å². The molecule has 0 radical (unpaired) electrons. The maximum Gasteiger partial charge on any atom is 0.301 e. The Morgan fingerprint density at radius 1 is 1.24 bits per heavy atom. The molecule has 7 nitrogen and oxygen atoms in total. The summed E-state index contributed by atoms with van der Waals surface area (Å²) in [5.74, 6) is -3.39. The zero-order valence-electron chi connectivity index (χ0n) is 10.9. The van der Waals surface area contributed by atoms with Crippen LogP contribution in [-0.2, 0) is 10.2 Å².